The van der Waals surface area contributed by atoms with Gasteiger partial charge in [-0.15, -0.1) is 29.8 Å². The van der Waals surface area contributed by atoms with E-state index in [1.807, 2.05) is 85.1 Å². The van der Waals surface area contributed by atoms with Crippen molar-refractivity contribution >= 4 is 11.1 Å². The fourth-order valence-corrected chi connectivity index (χ4v) is 6.00. The van der Waals surface area contributed by atoms with Gasteiger partial charge in [-0.3, -0.25) is 4.98 Å². The molecule has 0 radical (unpaired) electrons. The van der Waals surface area contributed by atoms with E-state index >= 15 is 0 Å². The molecule has 4 nitrogen and oxygen atoms in total. The molecule has 1 N–H and O–H groups in total. The van der Waals surface area contributed by atoms with Crippen molar-refractivity contribution in [2.45, 2.75) is 6.42 Å². The molecule has 2 heterocycles. The van der Waals surface area contributed by atoms with Crippen molar-refractivity contribution in [3.05, 3.63) is 175 Å². The van der Waals surface area contributed by atoms with Crippen LogP contribution in [0.2, 0.25) is 0 Å². The number of fused-ring (bicyclic) bond motifs is 1. The van der Waals surface area contributed by atoms with Gasteiger partial charge < -0.3 is 9.52 Å². The number of benzene rings is 6. The van der Waals surface area contributed by atoms with Gasteiger partial charge in [0.15, 0.2) is 0 Å². The number of hydrogen-bond donors (Lipinski definition) is 1. The zero-order valence-electron chi connectivity index (χ0n) is 25.8. The van der Waals surface area contributed by atoms with Gasteiger partial charge in [-0.05, 0) is 64.1 Å². The summed E-state index contributed by atoms with van der Waals surface area (Å²) < 4.78 is 6.17. The maximum absolute atomic E-state index is 11.0. The molecule has 0 saturated carbocycles. The van der Waals surface area contributed by atoms with Crippen molar-refractivity contribution in [1.82, 2.24) is 9.97 Å². The Morgan fingerprint density at radius 1 is 0.562 bits per heavy atom. The summed E-state index contributed by atoms with van der Waals surface area (Å²) >= 11 is 0. The van der Waals surface area contributed by atoms with E-state index in [9.17, 15) is 5.11 Å². The molecule has 8 aromatic rings. The number of para-hydroxylation sites is 1. The summed E-state index contributed by atoms with van der Waals surface area (Å²) in [5.74, 6) is 0.515. The predicted molar refractivity (Wildman–Crippen MR) is 189 cm³/mol. The Balaban J connectivity index is 0.00000364. The largest absolute Gasteiger partial charge is 0.507 e. The first-order chi connectivity index (χ1) is 23.2. The predicted octanol–water partition coefficient (Wildman–Crippen LogP) is 10.7. The summed E-state index contributed by atoms with van der Waals surface area (Å²) in [5, 5.41) is 11.0. The number of phenols is 1. The number of nitrogens with zero attached hydrogens (tertiary/aromatic N) is 2. The summed E-state index contributed by atoms with van der Waals surface area (Å²) in [5.41, 5.74) is 12.2. The molecule has 0 unspecified atom stereocenters. The van der Waals surface area contributed by atoms with E-state index in [-0.39, 0.29) is 26.8 Å². The van der Waals surface area contributed by atoms with E-state index < -0.39 is 0 Å². The zero-order valence-corrected chi connectivity index (χ0v) is 28.1. The Labute approximate surface area is 293 Å². The zero-order chi connectivity index (χ0) is 31.6. The van der Waals surface area contributed by atoms with Crippen LogP contribution in [0.5, 0.6) is 5.75 Å². The van der Waals surface area contributed by atoms with E-state index in [1.165, 1.54) is 16.7 Å². The molecular weight excluding hydrogens is 772 g/mol. The summed E-state index contributed by atoms with van der Waals surface area (Å²) in [7, 11) is 0. The molecule has 0 aliphatic rings. The van der Waals surface area contributed by atoms with Crippen molar-refractivity contribution in [3.8, 4) is 61.8 Å². The topological polar surface area (TPSA) is 59.2 Å². The summed E-state index contributed by atoms with van der Waals surface area (Å²) in [6, 6.07) is 54.5. The van der Waals surface area contributed by atoms with Crippen LogP contribution in [0.1, 0.15) is 11.1 Å². The van der Waals surface area contributed by atoms with Gasteiger partial charge in [0.05, 0.1) is 11.1 Å². The third-order valence-corrected chi connectivity index (χ3v) is 8.41. The van der Waals surface area contributed by atoms with Crippen molar-refractivity contribution in [1.29, 1.82) is 0 Å². The van der Waals surface area contributed by atoms with Crippen LogP contribution in [0.3, 0.4) is 0 Å². The van der Waals surface area contributed by atoms with E-state index in [0.717, 1.165) is 45.5 Å². The van der Waals surface area contributed by atoms with Crippen LogP contribution < -0.4 is 0 Å². The van der Waals surface area contributed by atoms with Crippen molar-refractivity contribution in [2.24, 2.45) is 0 Å². The third-order valence-electron chi connectivity index (χ3n) is 8.41. The SMILES string of the molecule is Oc1cc(Cc2ccccc2)ccc1-c1nc2c(-c3[c-]c(-c4cc(-c5ccc(-c6ccccc6)cc5)ccn4)ccc3)cccc2o1.[Pt]. The first-order valence-corrected chi connectivity index (χ1v) is 15.6. The van der Waals surface area contributed by atoms with Crippen LogP contribution >= 0.6 is 0 Å². The van der Waals surface area contributed by atoms with Crippen molar-refractivity contribution < 1.29 is 30.6 Å². The van der Waals surface area contributed by atoms with Crippen molar-refractivity contribution in [3.63, 3.8) is 0 Å². The molecule has 8 rings (SSSR count). The Kier molecular flexibility index (Phi) is 8.83. The average molecular weight is 801 g/mol. The van der Waals surface area contributed by atoms with Crippen molar-refractivity contribution in [2.75, 3.05) is 0 Å². The summed E-state index contributed by atoms with van der Waals surface area (Å²) in [6.07, 6.45) is 2.58. The second-order valence-electron chi connectivity index (χ2n) is 11.5. The van der Waals surface area contributed by atoms with E-state index in [4.69, 9.17) is 14.4 Å². The Hall–Kier alpha value is -5.57. The standard InChI is InChI=1S/C43H29N2O2.Pt/c46-40-26-30(25-29-9-3-1-4-10-29)17-22-38(40)43-45-42-37(15-8-16-41(42)47-43)35-13-7-14-36(27-35)39-28-34(23-24-44-39)33-20-18-32(19-21-33)31-11-5-2-6-12-31;/h1-24,26,28,46H,25H2;/q-1;. The summed E-state index contributed by atoms with van der Waals surface area (Å²) in [6.45, 7) is 0. The second kappa shape index (κ2) is 13.7. The molecule has 0 fully saturated rings. The number of hydrogen-bond acceptors (Lipinski definition) is 4. The Bertz CT molecular complexity index is 2330. The monoisotopic (exact) mass is 800 g/mol. The molecule has 5 heteroatoms. The number of rotatable bonds is 7. The molecule has 0 aliphatic heterocycles. The molecule has 0 amide bonds. The normalized spacial score (nSPS) is 10.9. The molecule has 234 valence electrons. The smallest absolute Gasteiger partial charge is 0.230 e. The average Bonchev–Trinajstić information content (AvgIpc) is 3.57. The van der Waals surface area contributed by atoms with Gasteiger partial charge in [0, 0.05) is 33.0 Å². The van der Waals surface area contributed by atoms with E-state index in [0.29, 0.717) is 22.6 Å². The minimum Gasteiger partial charge on any atom is -0.507 e. The first kappa shape index (κ1) is 31.0. The van der Waals surface area contributed by atoms with Gasteiger partial charge in [0.1, 0.15) is 11.3 Å². The minimum atomic E-state index is 0. The molecule has 0 spiro atoms. The Morgan fingerprint density at radius 3 is 2.02 bits per heavy atom. The third kappa shape index (κ3) is 6.36. The van der Waals surface area contributed by atoms with Crippen LogP contribution in [-0.2, 0) is 27.5 Å². The number of pyridine rings is 1. The molecule has 0 aliphatic carbocycles. The quantitative estimate of drug-likeness (QED) is 0.163. The first-order valence-electron chi connectivity index (χ1n) is 15.6. The van der Waals surface area contributed by atoms with Gasteiger partial charge in [-0.1, -0.05) is 120 Å². The molecule has 6 aromatic carbocycles. The van der Waals surface area contributed by atoms with Crippen LogP contribution in [0, 0.1) is 6.07 Å². The summed E-state index contributed by atoms with van der Waals surface area (Å²) in [4.78, 5) is 9.55. The van der Waals surface area contributed by atoms with Crippen LogP contribution in [0.15, 0.2) is 162 Å². The molecule has 2 aromatic heterocycles. The fraction of sp³-hybridized carbons (Fsp3) is 0.0233. The maximum atomic E-state index is 11.0. The van der Waals surface area contributed by atoms with Gasteiger partial charge in [-0.25, -0.2) is 4.98 Å². The molecule has 0 atom stereocenters. The van der Waals surface area contributed by atoms with Crippen LogP contribution in [0.25, 0.3) is 67.2 Å². The van der Waals surface area contributed by atoms with Crippen LogP contribution in [-0.4, -0.2) is 15.1 Å². The molecule has 0 saturated heterocycles. The van der Waals surface area contributed by atoms with E-state index in [2.05, 4.69) is 72.8 Å². The van der Waals surface area contributed by atoms with E-state index in [1.54, 1.807) is 6.07 Å². The number of phenolic OH excluding ortho intramolecular Hbond substituents is 1. The van der Waals surface area contributed by atoms with Gasteiger partial charge in [0.2, 0.25) is 5.89 Å². The molecule has 0 bridgehead atoms. The van der Waals surface area contributed by atoms with Crippen LogP contribution in [0.4, 0.5) is 0 Å². The van der Waals surface area contributed by atoms with Gasteiger partial charge in [0.25, 0.3) is 0 Å². The maximum Gasteiger partial charge on any atom is 0.230 e. The van der Waals surface area contributed by atoms with Gasteiger partial charge in [-0.2, -0.15) is 0 Å². The molecule has 48 heavy (non-hydrogen) atoms. The Morgan fingerprint density at radius 2 is 1.25 bits per heavy atom. The number of oxazole rings is 1. The minimum absolute atomic E-state index is 0. The second-order valence-corrected chi connectivity index (χ2v) is 11.5. The fourth-order valence-electron chi connectivity index (χ4n) is 6.00. The van der Waals surface area contributed by atoms with Gasteiger partial charge >= 0.3 is 0 Å². The number of aromatic nitrogens is 2. The molecular formula is C43H29N2O2Pt-. The number of aromatic hydroxyl groups is 1.